The molecule has 2 aromatic rings. The van der Waals surface area contributed by atoms with E-state index in [0.29, 0.717) is 5.33 Å². The topological polar surface area (TPSA) is 17.1 Å². The molecule has 2 aromatic carbocycles. The maximum Gasteiger partial charge on any atom is 0.174 e. The van der Waals surface area contributed by atoms with Gasteiger partial charge in [0.15, 0.2) is 5.78 Å². The smallest absolute Gasteiger partial charge is 0.174 e. The zero-order valence-electron chi connectivity index (χ0n) is 8.46. The van der Waals surface area contributed by atoms with E-state index in [2.05, 4.69) is 22.0 Å². The summed E-state index contributed by atoms with van der Waals surface area (Å²) in [6.07, 6.45) is 0. The molecular formula is C13H11BrO. The standard InChI is InChI=1S/C13H11BrO/c1-9-6-7-10-4-2-3-5-11(10)13(9)12(15)8-14/h2-7H,8H2,1H3. The summed E-state index contributed by atoms with van der Waals surface area (Å²) in [4.78, 5) is 11.8. The quantitative estimate of drug-likeness (QED) is 0.596. The van der Waals surface area contributed by atoms with Crippen LogP contribution in [0.1, 0.15) is 15.9 Å². The number of Topliss-reactive ketones (excluding diaryl/α,β-unsaturated/α-hetero) is 1. The second-order valence-electron chi connectivity index (χ2n) is 3.54. The molecule has 0 aliphatic rings. The molecule has 0 heterocycles. The second-order valence-corrected chi connectivity index (χ2v) is 4.10. The van der Waals surface area contributed by atoms with Crippen LogP contribution in [0.3, 0.4) is 0 Å². The van der Waals surface area contributed by atoms with E-state index in [1.807, 2.05) is 37.3 Å². The molecule has 2 heteroatoms. The third-order valence-electron chi connectivity index (χ3n) is 2.54. The highest BCUT2D eigenvalue weighted by atomic mass is 79.9. The van der Waals surface area contributed by atoms with Crippen LogP contribution in [0, 0.1) is 6.92 Å². The van der Waals surface area contributed by atoms with Gasteiger partial charge in [0.05, 0.1) is 5.33 Å². The zero-order valence-corrected chi connectivity index (χ0v) is 10.0. The van der Waals surface area contributed by atoms with Crippen LogP contribution in [-0.2, 0) is 0 Å². The van der Waals surface area contributed by atoms with Crippen molar-refractivity contribution in [3.05, 3.63) is 47.5 Å². The third kappa shape index (κ3) is 1.82. The van der Waals surface area contributed by atoms with Crippen molar-refractivity contribution in [3.63, 3.8) is 0 Å². The first-order valence-corrected chi connectivity index (χ1v) is 5.93. The number of aryl methyl sites for hydroxylation is 1. The first-order chi connectivity index (χ1) is 7.24. The molecule has 0 radical (unpaired) electrons. The van der Waals surface area contributed by atoms with Gasteiger partial charge < -0.3 is 0 Å². The molecule has 0 aromatic heterocycles. The number of alkyl halides is 1. The Morgan fingerprint density at radius 2 is 1.93 bits per heavy atom. The Morgan fingerprint density at radius 1 is 1.20 bits per heavy atom. The summed E-state index contributed by atoms with van der Waals surface area (Å²) in [7, 11) is 0. The fourth-order valence-corrected chi connectivity index (χ4v) is 2.10. The number of hydrogen-bond acceptors (Lipinski definition) is 1. The Balaban J connectivity index is 2.79. The Hall–Kier alpha value is -1.15. The molecule has 0 bridgehead atoms. The monoisotopic (exact) mass is 262 g/mol. The van der Waals surface area contributed by atoms with Crippen LogP contribution in [0.4, 0.5) is 0 Å². The first-order valence-electron chi connectivity index (χ1n) is 4.81. The lowest BCUT2D eigenvalue weighted by molar-refractivity contribution is 0.102. The number of ketones is 1. The Morgan fingerprint density at radius 3 is 2.67 bits per heavy atom. The number of benzene rings is 2. The fourth-order valence-electron chi connectivity index (χ4n) is 1.82. The molecule has 15 heavy (non-hydrogen) atoms. The predicted octanol–water partition coefficient (Wildman–Crippen LogP) is 3.73. The molecule has 1 nitrogen and oxygen atoms in total. The summed E-state index contributed by atoms with van der Waals surface area (Å²) in [5.41, 5.74) is 1.88. The van der Waals surface area contributed by atoms with Gasteiger partial charge in [0.2, 0.25) is 0 Å². The maximum atomic E-state index is 11.8. The van der Waals surface area contributed by atoms with Crippen molar-refractivity contribution in [2.45, 2.75) is 6.92 Å². The third-order valence-corrected chi connectivity index (χ3v) is 3.05. The molecule has 76 valence electrons. The first kappa shape index (κ1) is 10.4. The highest BCUT2D eigenvalue weighted by Gasteiger charge is 2.11. The summed E-state index contributed by atoms with van der Waals surface area (Å²) >= 11 is 3.22. The van der Waals surface area contributed by atoms with Gasteiger partial charge in [0.1, 0.15) is 0 Å². The summed E-state index contributed by atoms with van der Waals surface area (Å²) < 4.78 is 0. The van der Waals surface area contributed by atoms with E-state index >= 15 is 0 Å². The van der Waals surface area contributed by atoms with Gasteiger partial charge in [-0.05, 0) is 23.3 Å². The molecular weight excluding hydrogens is 252 g/mol. The molecule has 0 unspecified atom stereocenters. The summed E-state index contributed by atoms with van der Waals surface area (Å²) in [5.74, 6) is 0.143. The van der Waals surface area contributed by atoms with E-state index in [1.54, 1.807) is 0 Å². The van der Waals surface area contributed by atoms with E-state index in [4.69, 9.17) is 0 Å². The Kier molecular flexibility index (Phi) is 2.87. The van der Waals surface area contributed by atoms with Gasteiger partial charge in [0.25, 0.3) is 0 Å². The van der Waals surface area contributed by atoms with Gasteiger partial charge in [-0.15, -0.1) is 0 Å². The summed E-state index contributed by atoms with van der Waals surface area (Å²) in [5, 5.41) is 2.54. The number of carbonyl (C=O) groups is 1. The van der Waals surface area contributed by atoms with Crippen molar-refractivity contribution < 1.29 is 4.79 Å². The minimum Gasteiger partial charge on any atom is -0.293 e. The van der Waals surface area contributed by atoms with E-state index in [0.717, 1.165) is 21.9 Å². The number of fused-ring (bicyclic) bond motifs is 1. The van der Waals surface area contributed by atoms with E-state index in [1.165, 1.54) is 0 Å². The molecule has 0 fully saturated rings. The van der Waals surface area contributed by atoms with Crippen LogP contribution in [0.5, 0.6) is 0 Å². The Bertz CT molecular complexity index is 517. The van der Waals surface area contributed by atoms with Crippen LogP contribution >= 0.6 is 15.9 Å². The molecule has 0 atom stereocenters. The van der Waals surface area contributed by atoms with E-state index in [9.17, 15) is 4.79 Å². The molecule has 0 amide bonds. The minimum absolute atomic E-state index is 0.143. The summed E-state index contributed by atoms with van der Waals surface area (Å²) in [6, 6.07) is 12.0. The van der Waals surface area contributed by atoms with Crippen molar-refractivity contribution in [2.75, 3.05) is 5.33 Å². The largest absolute Gasteiger partial charge is 0.293 e. The van der Waals surface area contributed by atoms with Gasteiger partial charge in [0, 0.05) is 5.56 Å². The van der Waals surface area contributed by atoms with Crippen molar-refractivity contribution in [1.82, 2.24) is 0 Å². The van der Waals surface area contributed by atoms with E-state index in [-0.39, 0.29) is 5.78 Å². The van der Waals surface area contributed by atoms with Gasteiger partial charge in [-0.1, -0.05) is 52.3 Å². The van der Waals surface area contributed by atoms with Crippen LogP contribution in [-0.4, -0.2) is 11.1 Å². The number of carbonyl (C=O) groups excluding carboxylic acids is 1. The van der Waals surface area contributed by atoms with Crippen molar-refractivity contribution >= 4 is 32.5 Å². The lowest BCUT2D eigenvalue weighted by atomic mass is 9.97. The molecule has 0 aliphatic heterocycles. The summed E-state index contributed by atoms with van der Waals surface area (Å²) in [6.45, 7) is 1.97. The molecule has 0 N–H and O–H groups in total. The second kappa shape index (κ2) is 4.15. The average molecular weight is 263 g/mol. The lowest BCUT2D eigenvalue weighted by Crippen LogP contribution is -2.03. The van der Waals surface area contributed by atoms with Gasteiger partial charge in [-0.2, -0.15) is 0 Å². The minimum atomic E-state index is 0.143. The molecule has 2 rings (SSSR count). The van der Waals surface area contributed by atoms with Gasteiger partial charge in [-0.25, -0.2) is 0 Å². The lowest BCUT2D eigenvalue weighted by Gasteiger charge is -2.07. The van der Waals surface area contributed by atoms with Crippen molar-refractivity contribution in [1.29, 1.82) is 0 Å². The van der Waals surface area contributed by atoms with Crippen LogP contribution < -0.4 is 0 Å². The highest BCUT2D eigenvalue weighted by Crippen LogP contribution is 2.22. The fraction of sp³-hybridized carbons (Fsp3) is 0.154. The average Bonchev–Trinajstić information content (AvgIpc) is 2.28. The number of rotatable bonds is 2. The normalized spacial score (nSPS) is 10.5. The molecule has 0 spiro atoms. The number of hydrogen-bond donors (Lipinski definition) is 0. The SMILES string of the molecule is Cc1ccc2ccccc2c1C(=O)CBr. The Labute approximate surface area is 97.2 Å². The zero-order chi connectivity index (χ0) is 10.8. The number of halogens is 1. The van der Waals surface area contributed by atoms with Crippen molar-refractivity contribution in [3.8, 4) is 0 Å². The molecule has 0 saturated heterocycles. The van der Waals surface area contributed by atoms with Crippen LogP contribution in [0.25, 0.3) is 10.8 Å². The molecule has 0 saturated carbocycles. The molecule has 0 aliphatic carbocycles. The van der Waals surface area contributed by atoms with E-state index < -0.39 is 0 Å². The van der Waals surface area contributed by atoms with Crippen LogP contribution in [0.15, 0.2) is 36.4 Å². The predicted molar refractivity (Wildman–Crippen MR) is 66.8 cm³/mol. The van der Waals surface area contributed by atoms with Crippen LogP contribution in [0.2, 0.25) is 0 Å². The van der Waals surface area contributed by atoms with Gasteiger partial charge in [-0.3, -0.25) is 4.79 Å². The van der Waals surface area contributed by atoms with Gasteiger partial charge >= 0.3 is 0 Å². The highest BCUT2D eigenvalue weighted by molar-refractivity contribution is 9.09. The van der Waals surface area contributed by atoms with Crippen molar-refractivity contribution in [2.24, 2.45) is 0 Å². The maximum absolute atomic E-state index is 11.8.